The summed E-state index contributed by atoms with van der Waals surface area (Å²) in [6.07, 6.45) is 2.56. The third kappa shape index (κ3) is 3.54. The molecule has 0 fully saturated rings. The van der Waals surface area contributed by atoms with Crippen LogP contribution in [0.2, 0.25) is 0 Å². The number of fused-ring (bicyclic) bond motifs is 1. The Labute approximate surface area is 144 Å². The highest BCUT2D eigenvalue weighted by molar-refractivity contribution is 6.00. The Balaban J connectivity index is 2.02. The predicted molar refractivity (Wildman–Crippen MR) is 98.6 cm³/mol. The number of nitrogens with one attached hydrogen (secondary N) is 2. The fourth-order valence-electron chi connectivity index (χ4n) is 2.78. The molecular weight excluding hydrogens is 318 g/mol. The molecule has 0 unspecified atom stereocenters. The van der Waals surface area contributed by atoms with E-state index in [1.807, 2.05) is 12.1 Å². The molecule has 0 bridgehead atoms. The monoisotopic (exact) mass is 337 g/mol. The molecule has 0 aliphatic rings. The molecule has 25 heavy (non-hydrogen) atoms. The number of nitrogens with two attached hydrogens (primary N) is 1. The van der Waals surface area contributed by atoms with Crippen molar-refractivity contribution >= 4 is 22.4 Å². The Morgan fingerprint density at radius 2 is 2.00 bits per heavy atom. The minimum absolute atomic E-state index is 0.0379. The van der Waals surface area contributed by atoms with Crippen LogP contribution >= 0.6 is 0 Å². The minimum atomic E-state index is -0.263. The average molecular weight is 337 g/mol. The second-order valence-corrected chi connectivity index (χ2v) is 5.75. The van der Waals surface area contributed by atoms with Crippen LogP contribution in [-0.4, -0.2) is 22.5 Å². The number of benzene rings is 2. The first kappa shape index (κ1) is 16.7. The number of hydrogen-bond acceptors (Lipinski definition) is 4. The van der Waals surface area contributed by atoms with Gasteiger partial charge in [0.25, 0.3) is 5.56 Å². The molecule has 0 radical (unpaired) electrons. The van der Waals surface area contributed by atoms with Crippen molar-refractivity contribution in [1.29, 1.82) is 0 Å². The van der Waals surface area contributed by atoms with Gasteiger partial charge in [0.15, 0.2) is 0 Å². The van der Waals surface area contributed by atoms with Crippen LogP contribution in [0.15, 0.2) is 53.5 Å². The van der Waals surface area contributed by atoms with Crippen LogP contribution in [0.4, 0.5) is 5.69 Å². The Bertz CT molecular complexity index is 979. The maximum Gasteiger partial charge on any atom is 0.255 e. The fourth-order valence-corrected chi connectivity index (χ4v) is 2.78. The molecule has 128 valence electrons. The third-order valence-electron chi connectivity index (χ3n) is 3.97. The van der Waals surface area contributed by atoms with E-state index in [1.54, 1.807) is 36.5 Å². The first-order valence-corrected chi connectivity index (χ1v) is 8.04. The summed E-state index contributed by atoms with van der Waals surface area (Å²) in [6, 6.07) is 12.1. The summed E-state index contributed by atoms with van der Waals surface area (Å²) < 4.78 is 0. The van der Waals surface area contributed by atoms with Crippen molar-refractivity contribution in [3.8, 4) is 16.9 Å². The zero-order valence-electron chi connectivity index (χ0n) is 13.6. The molecule has 6 nitrogen and oxygen atoms in total. The first-order valence-electron chi connectivity index (χ1n) is 8.04. The highest BCUT2D eigenvalue weighted by Gasteiger charge is 2.11. The summed E-state index contributed by atoms with van der Waals surface area (Å²) in [5.74, 6) is -0.0623. The van der Waals surface area contributed by atoms with E-state index in [1.165, 1.54) is 0 Å². The zero-order valence-corrected chi connectivity index (χ0v) is 13.6. The smallest absolute Gasteiger partial charge is 0.255 e. The number of aromatic nitrogens is 1. The van der Waals surface area contributed by atoms with Crippen LogP contribution in [0.5, 0.6) is 5.75 Å². The van der Waals surface area contributed by atoms with E-state index in [2.05, 4.69) is 10.3 Å². The number of pyridine rings is 1. The van der Waals surface area contributed by atoms with Gasteiger partial charge >= 0.3 is 0 Å². The molecule has 0 saturated heterocycles. The standard InChI is InChI=1S/C19H19N3O3/c20-9-3-8-17(24)22-13-5-1-4-12(10-13)15-11-21-19(25)14-6-2-7-16(23)18(14)15/h1-2,4-7,10-11,23H,3,8-9,20H2,(H,21,25)(H,22,24). The van der Waals surface area contributed by atoms with E-state index in [4.69, 9.17) is 5.73 Å². The fraction of sp³-hybridized carbons (Fsp3) is 0.158. The molecule has 3 rings (SSSR count). The summed E-state index contributed by atoms with van der Waals surface area (Å²) in [6.45, 7) is 0.468. The van der Waals surface area contributed by atoms with Gasteiger partial charge in [-0.25, -0.2) is 0 Å². The van der Waals surface area contributed by atoms with Gasteiger partial charge < -0.3 is 21.1 Å². The highest BCUT2D eigenvalue weighted by Crippen LogP contribution is 2.33. The van der Waals surface area contributed by atoms with E-state index in [0.717, 1.165) is 5.56 Å². The van der Waals surface area contributed by atoms with Crippen LogP contribution in [0, 0.1) is 0 Å². The number of aromatic amines is 1. The Morgan fingerprint density at radius 3 is 2.80 bits per heavy atom. The number of H-pyrrole nitrogens is 1. The van der Waals surface area contributed by atoms with E-state index < -0.39 is 0 Å². The Kier molecular flexibility index (Phi) is 4.81. The van der Waals surface area contributed by atoms with E-state index in [9.17, 15) is 14.7 Å². The summed E-state index contributed by atoms with van der Waals surface area (Å²) in [5.41, 5.74) is 7.26. The first-order chi connectivity index (χ1) is 12.1. The van der Waals surface area contributed by atoms with Crippen molar-refractivity contribution in [2.24, 2.45) is 5.73 Å². The molecule has 0 spiro atoms. The van der Waals surface area contributed by atoms with Gasteiger partial charge in [0.1, 0.15) is 5.75 Å². The number of anilines is 1. The number of carbonyl (C=O) groups excluding carboxylic acids is 1. The Hall–Kier alpha value is -3.12. The lowest BCUT2D eigenvalue weighted by Crippen LogP contribution is -2.13. The van der Waals surface area contributed by atoms with Gasteiger partial charge in [-0.1, -0.05) is 18.2 Å². The summed E-state index contributed by atoms with van der Waals surface area (Å²) >= 11 is 0. The van der Waals surface area contributed by atoms with Crippen LogP contribution in [-0.2, 0) is 4.79 Å². The maximum absolute atomic E-state index is 12.0. The van der Waals surface area contributed by atoms with Crippen molar-refractivity contribution in [3.63, 3.8) is 0 Å². The summed E-state index contributed by atoms with van der Waals surface area (Å²) in [7, 11) is 0. The molecule has 0 aliphatic heterocycles. The lowest BCUT2D eigenvalue weighted by atomic mass is 9.99. The third-order valence-corrected chi connectivity index (χ3v) is 3.97. The number of carbonyl (C=O) groups is 1. The molecule has 1 aromatic heterocycles. The molecule has 0 saturated carbocycles. The molecule has 0 aliphatic carbocycles. The quantitative estimate of drug-likeness (QED) is 0.574. The second kappa shape index (κ2) is 7.19. The Morgan fingerprint density at radius 1 is 1.20 bits per heavy atom. The molecule has 1 amide bonds. The SMILES string of the molecule is NCCCC(=O)Nc1cccc(-c2c[nH]c(=O)c3cccc(O)c23)c1. The van der Waals surface area contributed by atoms with Crippen LogP contribution < -0.4 is 16.6 Å². The van der Waals surface area contributed by atoms with E-state index >= 15 is 0 Å². The molecule has 6 heteroatoms. The number of hydrogen-bond donors (Lipinski definition) is 4. The topological polar surface area (TPSA) is 108 Å². The minimum Gasteiger partial charge on any atom is -0.507 e. The van der Waals surface area contributed by atoms with Gasteiger partial charge in [-0.2, -0.15) is 0 Å². The van der Waals surface area contributed by atoms with Gasteiger partial charge in [0.2, 0.25) is 5.91 Å². The van der Waals surface area contributed by atoms with Crippen molar-refractivity contribution in [1.82, 2.24) is 4.98 Å². The molecule has 5 N–H and O–H groups in total. The zero-order chi connectivity index (χ0) is 17.8. The molecule has 1 heterocycles. The maximum atomic E-state index is 12.0. The van der Waals surface area contributed by atoms with Crippen molar-refractivity contribution in [3.05, 3.63) is 59.0 Å². The lowest BCUT2D eigenvalue weighted by Gasteiger charge is -2.10. The van der Waals surface area contributed by atoms with Crippen LogP contribution in [0.1, 0.15) is 12.8 Å². The van der Waals surface area contributed by atoms with Gasteiger partial charge in [-0.05, 0) is 42.8 Å². The van der Waals surface area contributed by atoms with E-state index in [0.29, 0.717) is 41.4 Å². The molecule has 3 aromatic rings. The number of phenolic OH excluding ortho intramolecular Hbond substituents is 1. The van der Waals surface area contributed by atoms with Crippen molar-refractivity contribution < 1.29 is 9.90 Å². The number of aromatic hydroxyl groups is 1. The number of phenols is 1. The van der Waals surface area contributed by atoms with E-state index in [-0.39, 0.29) is 17.2 Å². The average Bonchev–Trinajstić information content (AvgIpc) is 2.61. The van der Waals surface area contributed by atoms with Crippen LogP contribution in [0.3, 0.4) is 0 Å². The van der Waals surface area contributed by atoms with Gasteiger partial charge in [0, 0.05) is 29.3 Å². The van der Waals surface area contributed by atoms with Crippen molar-refractivity contribution in [2.75, 3.05) is 11.9 Å². The van der Waals surface area contributed by atoms with Gasteiger partial charge in [-0.15, -0.1) is 0 Å². The van der Waals surface area contributed by atoms with Gasteiger partial charge in [-0.3, -0.25) is 9.59 Å². The number of rotatable bonds is 5. The van der Waals surface area contributed by atoms with Crippen molar-refractivity contribution in [2.45, 2.75) is 12.8 Å². The number of amides is 1. The normalized spacial score (nSPS) is 10.8. The van der Waals surface area contributed by atoms with Crippen LogP contribution in [0.25, 0.3) is 21.9 Å². The van der Waals surface area contributed by atoms with Gasteiger partial charge in [0.05, 0.1) is 5.39 Å². The summed E-state index contributed by atoms with van der Waals surface area (Å²) in [5, 5.41) is 13.9. The summed E-state index contributed by atoms with van der Waals surface area (Å²) in [4.78, 5) is 26.6. The highest BCUT2D eigenvalue weighted by atomic mass is 16.3. The largest absolute Gasteiger partial charge is 0.507 e. The second-order valence-electron chi connectivity index (χ2n) is 5.75. The molecule has 2 aromatic carbocycles. The lowest BCUT2D eigenvalue weighted by molar-refractivity contribution is -0.116. The predicted octanol–water partition coefficient (Wildman–Crippen LogP) is 2.58. The molecular formula is C19H19N3O3. The molecule has 0 atom stereocenters.